The van der Waals surface area contributed by atoms with Gasteiger partial charge in [-0.3, -0.25) is 9.59 Å². The highest BCUT2D eigenvalue weighted by atomic mass is 35.5. The lowest BCUT2D eigenvalue weighted by Crippen LogP contribution is -2.07. The summed E-state index contributed by atoms with van der Waals surface area (Å²) in [7, 11) is 1.39. The number of hydrogen-bond donors (Lipinski definition) is 1. The van der Waals surface area contributed by atoms with Crippen LogP contribution in [-0.2, 0) is 14.3 Å². The quantitative estimate of drug-likeness (QED) is 0.604. The van der Waals surface area contributed by atoms with E-state index in [1.54, 1.807) is 12.2 Å². The molecular weight excluding hydrogens is 410 g/mol. The maximum Gasteiger partial charge on any atom is 0.309 e. The number of hydrogen-bond acceptors (Lipinski definition) is 3. The van der Waals surface area contributed by atoms with Crippen molar-refractivity contribution in [1.29, 1.82) is 0 Å². The number of allylic oxidation sites excluding steroid dienone is 2. The molecule has 0 amide bonds. The number of aliphatic carboxylic acids is 1. The zero-order valence-corrected chi connectivity index (χ0v) is 17.7. The van der Waals surface area contributed by atoms with Crippen LogP contribution in [0.15, 0.2) is 21.1 Å². The number of carbonyl (C=O) groups is 2. The number of esters is 1. The van der Waals surface area contributed by atoms with Gasteiger partial charge in [-0.15, -0.1) is 0 Å². The van der Waals surface area contributed by atoms with E-state index in [0.29, 0.717) is 0 Å². The van der Waals surface area contributed by atoms with E-state index in [0.717, 1.165) is 0 Å². The molecule has 4 nitrogen and oxygen atoms in total. The van der Waals surface area contributed by atoms with Gasteiger partial charge in [0.1, 0.15) is 8.98 Å². The van der Waals surface area contributed by atoms with Crippen molar-refractivity contribution in [2.75, 3.05) is 7.11 Å². The Morgan fingerprint density at radius 2 is 1.24 bits per heavy atom. The fourth-order valence-corrected chi connectivity index (χ4v) is 3.84. The molecule has 0 aromatic heterocycles. The second-order valence-electron chi connectivity index (χ2n) is 7.42. The lowest BCUT2D eigenvalue weighted by Gasteiger charge is -1.98. The first-order valence-corrected chi connectivity index (χ1v) is 9.15. The molecule has 0 saturated heterocycles. The molecule has 25 heavy (non-hydrogen) atoms. The summed E-state index contributed by atoms with van der Waals surface area (Å²) in [5.41, 5.74) is -0.289. The third kappa shape index (κ3) is 5.29. The predicted molar refractivity (Wildman–Crippen MR) is 101 cm³/mol. The Balaban J connectivity index is 0.000000251. The van der Waals surface area contributed by atoms with E-state index in [1.807, 2.05) is 27.7 Å². The molecule has 2 aliphatic rings. The van der Waals surface area contributed by atoms with Gasteiger partial charge in [-0.25, -0.2) is 0 Å². The molecule has 2 rings (SSSR count). The Bertz CT molecular complexity index is 602. The highest BCUT2D eigenvalue weighted by Crippen LogP contribution is 2.60. The van der Waals surface area contributed by atoms with Crippen LogP contribution in [0, 0.1) is 34.5 Å². The highest BCUT2D eigenvalue weighted by Gasteiger charge is 2.62. The molecule has 2 aliphatic carbocycles. The van der Waals surface area contributed by atoms with Crippen LogP contribution in [0.5, 0.6) is 0 Å². The number of carboxylic acids is 1. The van der Waals surface area contributed by atoms with Gasteiger partial charge >= 0.3 is 11.9 Å². The van der Waals surface area contributed by atoms with Crippen LogP contribution in [0.3, 0.4) is 0 Å². The molecule has 0 aromatic rings. The summed E-state index contributed by atoms with van der Waals surface area (Å²) in [6.07, 6.45) is 3.30. The molecule has 8 heteroatoms. The largest absolute Gasteiger partial charge is 0.481 e. The monoisotopic (exact) mass is 430 g/mol. The molecule has 2 saturated carbocycles. The standard InChI is InChI=1S/C9H12Cl2O2.C8H10Cl2O2/c1-9(2)5(4-6(10)11)7(9)8(12)13-3;1-8(2)4(3-5(9)10)6(8)7(11)12/h4-5,7H,1-3H3;3-4,6H,1-2H3,(H,11,12). The normalized spacial score (nSPS) is 30.1. The number of carboxylic acid groups (broad SMARTS) is 1. The summed E-state index contributed by atoms with van der Waals surface area (Å²) in [5, 5.41) is 8.76. The summed E-state index contributed by atoms with van der Waals surface area (Å²) in [6.45, 7) is 7.77. The van der Waals surface area contributed by atoms with Gasteiger partial charge in [0.05, 0.1) is 18.9 Å². The summed E-state index contributed by atoms with van der Waals surface area (Å²) < 4.78 is 5.03. The first-order valence-electron chi connectivity index (χ1n) is 7.64. The first-order chi connectivity index (χ1) is 11.3. The van der Waals surface area contributed by atoms with Crippen LogP contribution in [0.1, 0.15) is 27.7 Å². The van der Waals surface area contributed by atoms with Crippen molar-refractivity contribution in [3.05, 3.63) is 21.1 Å². The minimum absolute atomic E-state index is 0.0278. The van der Waals surface area contributed by atoms with Crippen molar-refractivity contribution in [1.82, 2.24) is 0 Å². The Morgan fingerprint density at radius 3 is 1.52 bits per heavy atom. The van der Waals surface area contributed by atoms with Crippen LogP contribution >= 0.6 is 46.4 Å². The van der Waals surface area contributed by atoms with Crippen LogP contribution in [-0.4, -0.2) is 24.2 Å². The maximum atomic E-state index is 11.2. The number of halogens is 4. The minimum atomic E-state index is -0.782. The van der Waals surface area contributed by atoms with Gasteiger partial charge in [0.25, 0.3) is 0 Å². The van der Waals surface area contributed by atoms with Crippen molar-refractivity contribution < 1.29 is 19.4 Å². The fraction of sp³-hybridized carbons (Fsp3) is 0.647. The molecule has 1 N–H and O–H groups in total. The Kier molecular flexibility index (Phi) is 7.31. The van der Waals surface area contributed by atoms with Gasteiger partial charge in [-0.1, -0.05) is 74.1 Å². The summed E-state index contributed by atoms with van der Waals surface area (Å²) in [4.78, 5) is 21.9. The SMILES string of the molecule is CC1(C)C(C=C(Cl)Cl)C1C(=O)O.COC(=O)C1C(C=C(Cl)Cl)C1(C)C. The third-order valence-electron chi connectivity index (χ3n) is 5.15. The molecule has 4 unspecified atom stereocenters. The predicted octanol–water partition coefficient (Wildman–Crippen LogP) is 5.41. The van der Waals surface area contributed by atoms with Gasteiger partial charge in [0.15, 0.2) is 0 Å². The smallest absolute Gasteiger partial charge is 0.309 e. The van der Waals surface area contributed by atoms with E-state index in [-0.39, 0.29) is 49.5 Å². The van der Waals surface area contributed by atoms with E-state index in [4.69, 9.17) is 51.5 Å². The summed E-state index contributed by atoms with van der Waals surface area (Å²) >= 11 is 21.9. The molecule has 2 fully saturated rings. The zero-order valence-electron chi connectivity index (χ0n) is 14.6. The third-order valence-corrected chi connectivity index (χ3v) is 5.66. The first kappa shape index (κ1) is 22.6. The van der Waals surface area contributed by atoms with Crippen molar-refractivity contribution in [3.8, 4) is 0 Å². The van der Waals surface area contributed by atoms with Gasteiger partial charge in [0, 0.05) is 0 Å². The van der Waals surface area contributed by atoms with Gasteiger partial charge < -0.3 is 9.84 Å². The summed E-state index contributed by atoms with van der Waals surface area (Å²) in [5.74, 6) is -1.35. The van der Waals surface area contributed by atoms with Crippen molar-refractivity contribution >= 4 is 58.3 Å². The van der Waals surface area contributed by atoms with Gasteiger partial charge in [-0.2, -0.15) is 0 Å². The second kappa shape index (κ2) is 8.08. The van der Waals surface area contributed by atoms with E-state index in [1.165, 1.54) is 7.11 Å². The van der Waals surface area contributed by atoms with E-state index >= 15 is 0 Å². The van der Waals surface area contributed by atoms with Crippen molar-refractivity contribution in [2.45, 2.75) is 27.7 Å². The molecule has 0 aromatic carbocycles. The Hall–Kier alpha value is -0.420. The minimum Gasteiger partial charge on any atom is -0.481 e. The molecule has 142 valence electrons. The second-order valence-corrected chi connectivity index (χ2v) is 9.44. The van der Waals surface area contributed by atoms with Crippen molar-refractivity contribution in [3.63, 3.8) is 0 Å². The number of rotatable bonds is 4. The van der Waals surface area contributed by atoms with Gasteiger partial charge in [0.2, 0.25) is 0 Å². The maximum absolute atomic E-state index is 11.2. The average Bonchev–Trinajstić information content (AvgIpc) is 3.18. The molecule has 0 radical (unpaired) electrons. The molecule has 0 aliphatic heterocycles. The van der Waals surface area contributed by atoms with E-state index in [9.17, 15) is 9.59 Å². The molecule has 0 spiro atoms. The molecule has 0 bridgehead atoms. The van der Waals surface area contributed by atoms with E-state index in [2.05, 4.69) is 4.74 Å². The number of methoxy groups -OCH3 is 1. The lowest BCUT2D eigenvalue weighted by atomic mass is 10.1. The topological polar surface area (TPSA) is 63.6 Å². The van der Waals surface area contributed by atoms with Crippen LogP contribution in [0.25, 0.3) is 0 Å². The van der Waals surface area contributed by atoms with Crippen LogP contribution < -0.4 is 0 Å². The van der Waals surface area contributed by atoms with Crippen LogP contribution in [0.4, 0.5) is 0 Å². The lowest BCUT2D eigenvalue weighted by molar-refractivity contribution is -0.143. The summed E-state index contributed by atoms with van der Waals surface area (Å²) in [6, 6.07) is 0. The molecular formula is C17H22Cl4O4. The molecule has 0 heterocycles. The Morgan fingerprint density at radius 1 is 0.880 bits per heavy atom. The number of carbonyl (C=O) groups excluding carboxylic acids is 1. The average molecular weight is 432 g/mol. The van der Waals surface area contributed by atoms with Crippen LogP contribution in [0.2, 0.25) is 0 Å². The van der Waals surface area contributed by atoms with E-state index < -0.39 is 5.97 Å². The zero-order chi connectivity index (χ0) is 19.7. The van der Waals surface area contributed by atoms with Gasteiger partial charge in [-0.05, 0) is 34.8 Å². The number of ether oxygens (including phenoxy) is 1. The Labute approximate surface area is 168 Å². The fourth-order valence-electron chi connectivity index (χ4n) is 3.30. The molecule has 4 atom stereocenters. The van der Waals surface area contributed by atoms with Crippen molar-refractivity contribution in [2.24, 2.45) is 34.5 Å². The highest BCUT2D eigenvalue weighted by molar-refractivity contribution is 6.56.